The van der Waals surface area contributed by atoms with Crippen LogP contribution in [0.25, 0.3) is 0 Å². The first-order valence-corrected chi connectivity index (χ1v) is 6.36. The van der Waals surface area contributed by atoms with Gasteiger partial charge in [0.15, 0.2) is 6.21 Å². The molecule has 0 aliphatic heterocycles. The van der Waals surface area contributed by atoms with Crippen molar-refractivity contribution in [1.82, 2.24) is 4.98 Å². The average Bonchev–Trinajstić information content (AvgIpc) is 2.40. The van der Waals surface area contributed by atoms with Gasteiger partial charge in [0.25, 0.3) is 5.91 Å². The van der Waals surface area contributed by atoms with Crippen LogP contribution in [0, 0.1) is 0 Å². The van der Waals surface area contributed by atoms with Gasteiger partial charge in [0.1, 0.15) is 23.0 Å². The Hall–Kier alpha value is -2.71. The molecule has 0 bridgehead atoms. The lowest BCUT2D eigenvalue weighted by Gasteiger charge is -2.15. The first-order valence-electron chi connectivity index (χ1n) is 6.36. The number of nitrogens with zero attached hydrogens (tertiary/aromatic N) is 1. The first kappa shape index (κ1) is 17.3. The standard InChI is InChI=1S/C13H17F2N5O2/c1-7(2)22-10-5-11(17)19-6-9(10)20-12(21)8(16)3-4-18-13(14)15/h3-7,13H,16H2,1-2H3,(H2,17,19)(H,20,21)/p+1/b8-3-,18-4+. The monoisotopic (exact) mass is 314 g/mol. The van der Waals surface area contributed by atoms with E-state index in [4.69, 9.17) is 16.2 Å². The number of ether oxygens (including phenoxy) is 1. The molecular formula is C13H18F2N5O2+. The van der Waals surface area contributed by atoms with Crippen molar-refractivity contribution >= 4 is 23.6 Å². The van der Waals surface area contributed by atoms with Crippen LogP contribution in [0.1, 0.15) is 13.8 Å². The van der Waals surface area contributed by atoms with Crippen molar-refractivity contribution in [3.63, 3.8) is 0 Å². The molecule has 0 aliphatic rings. The predicted octanol–water partition coefficient (Wildman–Crippen LogP) is -0.394. The SMILES string of the molecule is CC(C)Oc1cc(N)ncc1NC(=O)/C(N)=C/C=[NH+]/C(F)F. The Balaban J connectivity index is 2.87. The Labute approximate surface area is 126 Å². The van der Waals surface area contributed by atoms with E-state index in [1.807, 2.05) is 0 Å². The maximum atomic E-state index is 11.9. The van der Waals surface area contributed by atoms with Crippen LogP contribution in [0.15, 0.2) is 24.0 Å². The molecular weight excluding hydrogens is 296 g/mol. The average molecular weight is 314 g/mol. The molecule has 0 saturated heterocycles. The fourth-order valence-corrected chi connectivity index (χ4v) is 1.38. The van der Waals surface area contributed by atoms with Crippen LogP contribution in [0.5, 0.6) is 5.75 Å². The second-order valence-electron chi connectivity index (χ2n) is 4.48. The summed E-state index contributed by atoms with van der Waals surface area (Å²) in [7, 11) is 0. The third-order valence-corrected chi connectivity index (χ3v) is 2.25. The summed E-state index contributed by atoms with van der Waals surface area (Å²) in [6, 6.07) is 1.46. The van der Waals surface area contributed by atoms with Crippen molar-refractivity contribution in [2.24, 2.45) is 5.73 Å². The number of nitrogens with one attached hydrogen (secondary N) is 2. The molecule has 6 N–H and O–H groups in total. The Morgan fingerprint density at radius 1 is 1.50 bits per heavy atom. The molecule has 0 radical (unpaired) electrons. The number of nitrogen functional groups attached to an aromatic ring is 1. The molecule has 1 rings (SSSR count). The third-order valence-electron chi connectivity index (χ3n) is 2.25. The lowest BCUT2D eigenvalue weighted by Crippen LogP contribution is -2.72. The van der Waals surface area contributed by atoms with Gasteiger partial charge in [0.05, 0.1) is 12.3 Å². The molecule has 1 heterocycles. The zero-order valence-electron chi connectivity index (χ0n) is 12.1. The molecule has 0 unspecified atom stereocenters. The highest BCUT2D eigenvalue weighted by Crippen LogP contribution is 2.26. The molecule has 0 aromatic carbocycles. The lowest BCUT2D eigenvalue weighted by atomic mass is 10.3. The van der Waals surface area contributed by atoms with E-state index in [0.29, 0.717) is 5.75 Å². The van der Waals surface area contributed by atoms with Gasteiger partial charge in [-0.05, 0) is 13.8 Å². The fourth-order valence-electron chi connectivity index (χ4n) is 1.38. The number of hydrogen-bond acceptors (Lipinski definition) is 5. The predicted molar refractivity (Wildman–Crippen MR) is 78.3 cm³/mol. The normalized spacial score (nSPS) is 12.2. The highest BCUT2D eigenvalue weighted by Gasteiger charge is 2.12. The second kappa shape index (κ2) is 7.91. The third kappa shape index (κ3) is 5.73. The van der Waals surface area contributed by atoms with Gasteiger partial charge in [-0.2, -0.15) is 4.99 Å². The van der Waals surface area contributed by atoms with Gasteiger partial charge in [-0.15, -0.1) is 8.78 Å². The van der Waals surface area contributed by atoms with Crippen molar-refractivity contribution in [1.29, 1.82) is 0 Å². The summed E-state index contributed by atoms with van der Waals surface area (Å²) in [5.74, 6) is -0.127. The Morgan fingerprint density at radius 3 is 2.77 bits per heavy atom. The minimum Gasteiger partial charge on any atom is -0.489 e. The van der Waals surface area contributed by atoms with Crippen molar-refractivity contribution in [2.75, 3.05) is 11.1 Å². The summed E-state index contributed by atoms with van der Waals surface area (Å²) in [5.41, 5.74) is 11.0. The van der Waals surface area contributed by atoms with E-state index < -0.39 is 12.5 Å². The number of carbonyl (C=O) groups excluding carboxylic acids is 1. The molecule has 1 aromatic rings. The summed E-state index contributed by atoms with van der Waals surface area (Å²) < 4.78 is 29.3. The van der Waals surface area contributed by atoms with Gasteiger partial charge < -0.3 is 21.5 Å². The number of nitrogens with two attached hydrogens (primary N) is 2. The van der Waals surface area contributed by atoms with E-state index in [1.54, 1.807) is 18.8 Å². The topological polar surface area (TPSA) is 117 Å². The number of alkyl halides is 2. The largest absolute Gasteiger partial charge is 0.489 e. The summed E-state index contributed by atoms with van der Waals surface area (Å²) in [5, 5.41) is 2.47. The van der Waals surface area contributed by atoms with Crippen LogP contribution in [0.3, 0.4) is 0 Å². The number of allylic oxidation sites excluding steroid dienone is 1. The summed E-state index contributed by atoms with van der Waals surface area (Å²) in [6.45, 7) is 0.877. The van der Waals surface area contributed by atoms with Gasteiger partial charge in [-0.3, -0.25) is 4.79 Å². The smallest absolute Gasteiger partial charge is 0.444 e. The van der Waals surface area contributed by atoms with Gasteiger partial charge in [-0.1, -0.05) is 0 Å². The minimum atomic E-state index is -2.74. The Morgan fingerprint density at radius 2 is 2.18 bits per heavy atom. The highest BCUT2D eigenvalue weighted by atomic mass is 19.3. The molecule has 0 aliphatic carbocycles. The number of hydrogen-bond donors (Lipinski definition) is 4. The first-order chi connectivity index (χ1) is 10.3. The van der Waals surface area contributed by atoms with Crippen LogP contribution >= 0.6 is 0 Å². The van der Waals surface area contributed by atoms with E-state index in [2.05, 4.69) is 10.3 Å². The van der Waals surface area contributed by atoms with E-state index in [9.17, 15) is 13.6 Å². The van der Waals surface area contributed by atoms with Crippen molar-refractivity contribution < 1.29 is 23.3 Å². The molecule has 0 saturated carbocycles. The molecule has 120 valence electrons. The molecule has 1 aromatic heterocycles. The molecule has 0 spiro atoms. The number of amides is 1. The van der Waals surface area contributed by atoms with Gasteiger partial charge in [0, 0.05) is 12.1 Å². The van der Waals surface area contributed by atoms with Crippen LogP contribution in [0.4, 0.5) is 20.3 Å². The molecule has 9 heteroatoms. The van der Waals surface area contributed by atoms with Crippen molar-refractivity contribution in [3.8, 4) is 5.75 Å². The summed E-state index contributed by atoms with van der Waals surface area (Å²) >= 11 is 0. The van der Waals surface area contributed by atoms with Crippen LogP contribution < -0.4 is 26.5 Å². The maximum absolute atomic E-state index is 11.9. The number of aromatic nitrogens is 1. The second-order valence-corrected chi connectivity index (χ2v) is 4.48. The Bertz CT molecular complexity index is 588. The molecule has 7 nitrogen and oxygen atoms in total. The fraction of sp³-hybridized carbons (Fsp3) is 0.308. The van der Waals surface area contributed by atoms with Crippen LogP contribution in [-0.4, -0.2) is 29.8 Å². The minimum absolute atomic E-state index is 0.145. The lowest BCUT2D eigenvalue weighted by molar-refractivity contribution is -0.568. The maximum Gasteiger partial charge on any atom is 0.444 e. The van der Waals surface area contributed by atoms with Gasteiger partial charge >= 0.3 is 6.55 Å². The molecule has 1 amide bonds. The van der Waals surface area contributed by atoms with E-state index in [0.717, 1.165) is 12.3 Å². The van der Waals surface area contributed by atoms with Crippen molar-refractivity contribution in [3.05, 3.63) is 24.0 Å². The Kier molecular flexibility index (Phi) is 6.24. The number of anilines is 2. The van der Waals surface area contributed by atoms with Gasteiger partial charge in [-0.25, -0.2) is 4.98 Å². The molecule has 0 fully saturated rings. The van der Waals surface area contributed by atoms with Gasteiger partial charge in [0.2, 0.25) is 0 Å². The zero-order valence-corrected chi connectivity index (χ0v) is 12.1. The number of pyridine rings is 1. The summed E-state index contributed by atoms with van der Waals surface area (Å²) in [4.78, 5) is 17.4. The quantitative estimate of drug-likeness (QED) is 0.324. The highest BCUT2D eigenvalue weighted by molar-refractivity contribution is 6.05. The molecule has 22 heavy (non-hydrogen) atoms. The number of rotatable bonds is 6. The van der Waals surface area contributed by atoms with Crippen LogP contribution in [-0.2, 0) is 4.79 Å². The van der Waals surface area contributed by atoms with Crippen LogP contribution in [0.2, 0.25) is 0 Å². The number of halogens is 2. The summed E-state index contributed by atoms with van der Waals surface area (Å²) in [6.07, 6.45) is 3.08. The molecule has 0 atom stereocenters. The number of carbonyl (C=O) groups is 1. The van der Waals surface area contributed by atoms with Crippen molar-refractivity contribution in [2.45, 2.75) is 26.5 Å². The zero-order chi connectivity index (χ0) is 16.7. The van der Waals surface area contributed by atoms with E-state index in [-0.39, 0.29) is 23.3 Å². The van der Waals surface area contributed by atoms with E-state index >= 15 is 0 Å². The van der Waals surface area contributed by atoms with E-state index in [1.165, 1.54) is 12.3 Å².